The van der Waals surface area contributed by atoms with Crippen molar-refractivity contribution < 1.29 is 14.3 Å². The highest BCUT2D eigenvalue weighted by atomic mass is 16.5. The number of primary amides is 1. The third kappa shape index (κ3) is 5.05. The molecular weight excluding hydrogens is 378 g/mol. The van der Waals surface area contributed by atoms with Crippen LogP contribution in [0.25, 0.3) is 5.57 Å². The van der Waals surface area contributed by atoms with E-state index in [1.54, 1.807) is 42.5 Å². The number of ether oxygens (including phenoxy) is 2. The van der Waals surface area contributed by atoms with Crippen LogP contribution in [0.3, 0.4) is 0 Å². The molecule has 0 radical (unpaired) electrons. The number of anilines is 1. The first-order valence-electron chi connectivity index (χ1n) is 9.29. The summed E-state index contributed by atoms with van der Waals surface area (Å²) >= 11 is 0. The minimum absolute atomic E-state index is 0.133. The van der Waals surface area contributed by atoms with Gasteiger partial charge in [-0.25, -0.2) is 0 Å². The van der Waals surface area contributed by atoms with Crippen molar-refractivity contribution in [3.8, 4) is 11.5 Å². The third-order valence-corrected chi connectivity index (χ3v) is 4.52. The number of rotatable bonds is 8. The first kappa shape index (κ1) is 20.7. The molecule has 0 aliphatic carbocycles. The maximum atomic E-state index is 12.0. The predicted octanol–water partition coefficient (Wildman–Crippen LogP) is 3.79. The fourth-order valence-corrected chi connectivity index (χ4v) is 2.89. The molecule has 0 heterocycles. The molecule has 152 valence electrons. The second-order valence-corrected chi connectivity index (χ2v) is 6.59. The minimum Gasteiger partial charge on any atom is -0.497 e. The van der Waals surface area contributed by atoms with Crippen molar-refractivity contribution in [2.45, 2.75) is 6.61 Å². The number of nitrogen functional groups attached to an aromatic ring is 1. The second kappa shape index (κ2) is 9.43. The summed E-state index contributed by atoms with van der Waals surface area (Å²) in [5.74, 6) is 0.592. The summed E-state index contributed by atoms with van der Waals surface area (Å²) in [7, 11) is 1.53. The number of amides is 1. The Morgan fingerprint density at radius 3 is 2.27 bits per heavy atom. The van der Waals surface area contributed by atoms with Gasteiger partial charge in [-0.1, -0.05) is 30.3 Å². The molecule has 6 nitrogen and oxygen atoms in total. The summed E-state index contributed by atoms with van der Waals surface area (Å²) in [6.45, 7) is 0.458. The Bertz CT molecular complexity index is 1070. The van der Waals surface area contributed by atoms with Crippen molar-refractivity contribution >= 4 is 22.9 Å². The smallest absolute Gasteiger partial charge is 0.249 e. The molecule has 3 rings (SSSR count). The number of nitrogens with two attached hydrogens (primary N) is 2. The summed E-state index contributed by atoms with van der Waals surface area (Å²) in [6, 6.07) is 21.9. The lowest BCUT2D eigenvalue weighted by atomic mass is 9.99. The topological polar surface area (TPSA) is 111 Å². The Balaban J connectivity index is 1.77. The Hall–Kier alpha value is -4.06. The van der Waals surface area contributed by atoms with Gasteiger partial charge in [-0.3, -0.25) is 4.79 Å². The zero-order valence-electron chi connectivity index (χ0n) is 16.6. The Morgan fingerprint density at radius 1 is 1.00 bits per heavy atom. The van der Waals surface area contributed by atoms with Crippen molar-refractivity contribution in [1.29, 1.82) is 5.41 Å². The quantitative estimate of drug-likeness (QED) is 0.303. The van der Waals surface area contributed by atoms with Gasteiger partial charge in [-0.05, 0) is 53.6 Å². The van der Waals surface area contributed by atoms with Gasteiger partial charge in [0.2, 0.25) is 5.91 Å². The Morgan fingerprint density at radius 2 is 1.67 bits per heavy atom. The highest BCUT2D eigenvalue weighted by molar-refractivity contribution is 6.26. The molecule has 0 bridgehead atoms. The molecule has 6 heteroatoms. The van der Waals surface area contributed by atoms with Crippen molar-refractivity contribution in [3.63, 3.8) is 0 Å². The van der Waals surface area contributed by atoms with Gasteiger partial charge in [0.1, 0.15) is 18.1 Å². The number of carbonyl (C=O) groups excluding carboxylic acids is 1. The van der Waals surface area contributed by atoms with Crippen LogP contribution >= 0.6 is 0 Å². The summed E-state index contributed by atoms with van der Waals surface area (Å²) in [4.78, 5) is 12.0. The highest BCUT2D eigenvalue weighted by Crippen LogP contribution is 2.26. The average Bonchev–Trinajstić information content (AvgIpc) is 2.77. The van der Waals surface area contributed by atoms with Crippen LogP contribution in [0.5, 0.6) is 11.5 Å². The van der Waals surface area contributed by atoms with E-state index >= 15 is 0 Å². The summed E-state index contributed by atoms with van der Waals surface area (Å²) in [6.07, 6.45) is 1.42. The number of hydrogen-bond donors (Lipinski definition) is 3. The molecule has 0 aromatic heterocycles. The molecule has 0 unspecified atom stereocenters. The summed E-state index contributed by atoms with van der Waals surface area (Å²) in [5, 5.41) is 8.37. The van der Waals surface area contributed by atoms with Crippen LogP contribution in [0.15, 0.2) is 78.9 Å². The van der Waals surface area contributed by atoms with Crippen LogP contribution in [-0.2, 0) is 11.4 Å². The molecule has 0 saturated carbocycles. The largest absolute Gasteiger partial charge is 0.497 e. The molecule has 0 saturated heterocycles. The van der Waals surface area contributed by atoms with Gasteiger partial charge < -0.3 is 26.4 Å². The fraction of sp³-hybridized carbons (Fsp3) is 0.0833. The number of benzene rings is 3. The van der Waals surface area contributed by atoms with Gasteiger partial charge in [-0.15, -0.1) is 0 Å². The zero-order chi connectivity index (χ0) is 21.5. The molecule has 0 aliphatic heterocycles. The molecule has 0 atom stereocenters. The van der Waals surface area contributed by atoms with Crippen molar-refractivity contribution in [2.75, 3.05) is 12.8 Å². The highest BCUT2D eigenvalue weighted by Gasteiger charge is 2.14. The van der Waals surface area contributed by atoms with E-state index in [-0.39, 0.29) is 11.3 Å². The average molecular weight is 401 g/mol. The number of hydrogen-bond acceptors (Lipinski definition) is 5. The lowest BCUT2D eigenvalue weighted by molar-refractivity contribution is -0.112. The van der Waals surface area contributed by atoms with Crippen LogP contribution < -0.4 is 20.9 Å². The van der Waals surface area contributed by atoms with E-state index in [1.807, 2.05) is 30.3 Å². The zero-order valence-corrected chi connectivity index (χ0v) is 16.6. The molecule has 5 N–H and O–H groups in total. The lowest BCUT2D eigenvalue weighted by Crippen LogP contribution is -2.15. The summed E-state index contributed by atoms with van der Waals surface area (Å²) in [5.41, 5.74) is 14.4. The third-order valence-electron chi connectivity index (χ3n) is 4.52. The second-order valence-electron chi connectivity index (χ2n) is 6.59. The van der Waals surface area contributed by atoms with Crippen LogP contribution in [0.4, 0.5) is 5.69 Å². The van der Waals surface area contributed by atoms with E-state index in [0.717, 1.165) is 5.56 Å². The van der Waals surface area contributed by atoms with Gasteiger partial charge >= 0.3 is 0 Å². The van der Waals surface area contributed by atoms with Gasteiger partial charge in [0.25, 0.3) is 0 Å². The van der Waals surface area contributed by atoms with Crippen LogP contribution in [0.1, 0.15) is 16.7 Å². The fourth-order valence-electron chi connectivity index (χ4n) is 2.89. The normalized spacial score (nSPS) is 11.0. The molecule has 0 aliphatic rings. The predicted molar refractivity (Wildman–Crippen MR) is 119 cm³/mol. The van der Waals surface area contributed by atoms with Crippen LogP contribution in [0.2, 0.25) is 0 Å². The first-order valence-corrected chi connectivity index (χ1v) is 9.29. The SMILES string of the molecule is COc1ccc(/C(=C/C(=N)c2ccc(OCc3ccccc3)cc2)C(N)=O)c(N)c1. The molecule has 3 aromatic rings. The first-order chi connectivity index (χ1) is 14.5. The number of allylic oxidation sites excluding steroid dienone is 1. The lowest BCUT2D eigenvalue weighted by Gasteiger charge is -2.10. The standard InChI is InChI=1S/C24H23N3O3/c1-29-19-11-12-20(23(26)13-19)21(24(27)28)14-22(25)17-7-9-18(10-8-17)30-15-16-5-3-2-4-6-16/h2-14,25H,15,26H2,1H3,(H2,27,28)/b21-14-,25-22?. The van der Waals surface area contributed by atoms with Crippen LogP contribution in [-0.4, -0.2) is 18.7 Å². The van der Waals surface area contributed by atoms with E-state index < -0.39 is 5.91 Å². The maximum Gasteiger partial charge on any atom is 0.249 e. The van der Waals surface area contributed by atoms with E-state index in [2.05, 4.69) is 0 Å². The Labute approximate surface area is 175 Å². The Kier molecular flexibility index (Phi) is 6.49. The van der Waals surface area contributed by atoms with Gasteiger partial charge in [0.05, 0.1) is 18.4 Å². The monoisotopic (exact) mass is 401 g/mol. The molecule has 0 fully saturated rings. The maximum absolute atomic E-state index is 12.0. The van der Waals surface area contributed by atoms with Crippen molar-refractivity contribution in [2.24, 2.45) is 5.73 Å². The van der Waals surface area contributed by atoms with E-state index in [9.17, 15) is 4.79 Å². The van der Waals surface area contributed by atoms with Crippen LogP contribution in [0, 0.1) is 5.41 Å². The number of methoxy groups -OCH3 is 1. The molecule has 30 heavy (non-hydrogen) atoms. The van der Waals surface area contributed by atoms with Gasteiger partial charge in [-0.2, -0.15) is 0 Å². The minimum atomic E-state index is -0.667. The summed E-state index contributed by atoms with van der Waals surface area (Å²) < 4.78 is 10.9. The van der Waals surface area contributed by atoms with E-state index in [0.29, 0.717) is 34.9 Å². The van der Waals surface area contributed by atoms with Gasteiger partial charge in [0.15, 0.2) is 0 Å². The number of carbonyl (C=O) groups is 1. The molecule has 3 aromatic carbocycles. The molecular formula is C24H23N3O3. The number of nitrogens with one attached hydrogen (secondary N) is 1. The molecule has 1 amide bonds. The van der Waals surface area contributed by atoms with Gasteiger partial charge in [0, 0.05) is 17.3 Å². The van der Waals surface area contributed by atoms with E-state index in [4.69, 9.17) is 26.4 Å². The van der Waals surface area contributed by atoms with Crippen molar-refractivity contribution in [3.05, 3.63) is 95.6 Å². The van der Waals surface area contributed by atoms with E-state index in [1.165, 1.54) is 13.2 Å². The molecule has 0 spiro atoms. The van der Waals surface area contributed by atoms with Crippen molar-refractivity contribution in [1.82, 2.24) is 0 Å².